The SMILES string of the molecule is CN1C=CN(c2cc(Oc3cccc(N4C=CN(C)N4)c3)cc(C(C)(C)C)c2)C1. The summed E-state index contributed by atoms with van der Waals surface area (Å²) in [7, 11) is 4.03. The Morgan fingerprint density at radius 2 is 1.66 bits per heavy atom. The number of nitrogens with zero attached hydrogens (tertiary/aromatic N) is 4. The molecule has 2 aromatic rings. The van der Waals surface area contributed by atoms with Gasteiger partial charge >= 0.3 is 0 Å². The van der Waals surface area contributed by atoms with E-state index in [1.54, 1.807) is 0 Å². The van der Waals surface area contributed by atoms with Gasteiger partial charge in [0.2, 0.25) is 0 Å². The maximum absolute atomic E-state index is 6.31. The van der Waals surface area contributed by atoms with Crippen molar-refractivity contribution in [2.24, 2.45) is 0 Å². The van der Waals surface area contributed by atoms with Crippen molar-refractivity contribution in [1.82, 2.24) is 15.4 Å². The van der Waals surface area contributed by atoms with E-state index in [1.807, 2.05) is 53.7 Å². The summed E-state index contributed by atoms with van der Waals surface area (Å²) in [6.45, 7) is 7.52. The number of nitrogens with one attached hydrogen (secondary N) is 1. The Bertz CT molecular complexity index is 947. The van der Waals surface area contributed by atoms with Gasteiger partial charge in [0.15, 0.2) is 0 Å². The molecule has 0 saturated carbocycles. The molecule has 4 rings (SSSR count). The van der Waals surface area contributed by atoms with E-state index in [0.29, 0.717) is 0 Å². The molecule has 0 saturated heterocycles. The third-order valence-corrected chi connectivity index (χ3v) is 5.00. The maximum Gasteiger partial charge on any atom is 0.129 e. The van der Waals surface area contributed by atoms with Crippen LogP contribution in [0.25, 0.3) is 0 Å². The number of hydrogen-bond donors (Lipinski definition) is 1. The molecule has 2 aromatic carbocycles. The van der Waals surface area contributed by atoms with Crippen LogP contribution in [0.15, 0.2) is 67.3 Å². The Labute approximate surface area is 173 Å². The second-order valence-electron chi connectivity index (χ2n) is 8.61. The molecule has 0 spiro atoms. The first-order valence-electron chi connectivity index (χ1n) is 9.83. The molecular weight excluding hydrogens is 362 g/mol. The van der Waals surface area contributed by atoms with E-state index in [2.05, 4.69) is 73.8 Å². The Morgan fingerprint density at radius 3 is 2.31 bits per heavy atom. The van der Waals surface area contributed by atoms with E-state index >= 15 is 0 Å². The number of hydrazine groups is 2. The summed E-state index contributed by atoms with van der Waals surface area (Å²) < 4.78 is 6.31. The van der Waals surface area contributed by atoms with E-state index in [-0.39, 0.29) is 5.41 Å². The first-order chi connectivity index (χ1) is 13.8. The second kappa shape index (κ2) is 7.37. The lowest BCUT2D eigenvalue weighted by Crippen LogP contribution is -2.36. The number of rotatable bonds is 4. The molecule has 0 aromatic heterocycles. The van der Waals surface area contributed by atoms with Gasteiger partial charge in [-0.2, -0.15) is 0 Å². The van der Waals surface area contributed by atoms with Gasteiger partial charge in [0.05, 0.1) is 12.4 Å². The Balaban J connectivity index is 1.63. The fraction of sp³-hybridized carbons (Fsp3) is 0.304. The molecule has 29 heavy (non-hydrogen) atoms. The molecule has 0 amide bonds. The van der Waals surface area contributed by atoms with Crippen molar-refractivity contribution in [3.05, 3.63) is 72.8 Å². The van der Waals surface area contributed by atoms with Crippen LogP contribution in [0.1, 0.15) is 26.3 Å². The number of hydrogen-bond acceptors (Lipinski definition) is 6. The van der Waals surface area contributed by atoms with E-state index in [1.165, 1.54) is 5.56 Å². The van der Waals surface area contributed by atoms with Gasteiger partial charge in [-0.15, -0.1) is 5.53 Å². The van der Waals surface area contributed by atoms with Gasteiger partial charge in [-0.3, -0.25) is 10.0 Å². The molecule has 0 atom stereocenters. The fourth-order valence-corrected chi connectivity index (χ4v) is 3.32. The number of ether oxygens (including phenoxy) is 1. The van der Waals surface area contributed by atoms with Crippen molar-refractivity contribution in [3.63, 3.8) is 0 Å². The third kappa shape index (κ3) is 4.32. The van der Waals surface area contributed by atoms with Crippen LogP contribution in [0.3, 0.4) is 0 Å². The fourth-order valence-electron chi connectivity index (χ4n) is 3.32. The average molecular weight is 392 g/mol. The first kappa shape index (κ1) is 19.2. The van der Waals surface area contributed by atoms with Crippen LogP contribution < -0.4 is 20.2 Å². The minimum atomic E-state index is 0.0279. The first-order valence-corrected chi connectivity index (χ1v) is 9.83. The van der Waals surface area contributed by atoms with Crippen molar-refractivity contribution >= 4 is 11.4 Å². The van der Waals surface area contributed by atoms with Crippen molar-refractivity contribution in [3.8, 4) is 11.5 Å². The Kier molecular flexibility index (Phi) is 4.88. The minimum Gasteiger partial charge on any atom is -0.457 e. The smallest absolute Gasteiger partial charge is 0.129 e. The van der Waals surface area contributed by atoms with Crippen molar-refractivity contribution < 1.29 is 4.74 Å². The van der Waals surface area contributed by atoms with Crippen molar-refractivity contribution in [1.29, 1.82) is 0 Å². The van der Waals surface area contributed by atoms with E-state index < -0.39 is 0 Å². The van der Waals surface area contributed by atoms with Crippen LogP contribution in [0, 0.1) is 0 Å². The predicted octanol–water partition coefficient (Wildman–Crippen LogP) is 4.60. The summed E-state index contributed by atoms with van der Waals surface area (Å²) in [6.07, 6.45) is 8.14. The van der Waals surface area contributed by atoms with E-state index in [9.17, 15) is 0 Å². The molecule has 1 N–H and O–H groups in total. The molecule has 2 aliphatic heterocycles. The molecule has 0 radical (unpaired) electrons. The van der Waals surface area contributed by atoms with Gasteiger partial charge in [0.1, 0.15) is 11.5 Å². The molecule has 0 aliphatic carbocycles. The van der Waals surface area contributed by atoms with Crippen LogP contribution in [0.5, 0.6) is 11.5 Å². The molecule has 0 fully saturated rings. The van der Waals surface area contributed by atoms with E-state index in [0.717, 1.165) is 29.5 Å². The Hall–Kier alpha value is -3.12. The molecule has 0 bridgehead atoms. The highest BCUT2D eigenvalue weighted by Crippen LogP contribution is 2.35. The van der Waals surface area contributed by atoms with Gasteiger partial charge in [0, 0.05) is 56.7 Å². The van der Waals surface area contributed by atoms with Gasteiger partial charge in [-0.1, -0.05) is 26.8 Å². The minimum absolute atomic E-state index is 0.0279. The zero-order valence-corrected chi connectivity index (χ0v) is 17.8. The van der Waals surface area contributed by atoms with Crippen LogP contribution in [-0.2, 0) is 5.41 Å². The third-order valence-electron chi connectivity index (χ3n) is 5.00. The lowest BCUT2D eigenvalue weighted by Gasteiger charge is -2.25. The highest BCUT2D eigenvalue weighted by Gasteiger charge is 2.19. The van der Waals surface area contributed by atoms with Crippen molar-refractivity contribution in [2.45, 2.75) is 26.2 Å². The molecular formula is C23H29N5O. The summed E-state index contributed by atoms with van der Waals surface area (Å²) in [5.74, 6) is 1.65. The summed E-state index contributed by atoms with van der Waals surface area (Å²) in [4.78, 5) is 4.38. The largest absolute Gasteiger partial charge is 0.457 e. The molecule has 152 valence electrons. The summed E-state index contributed by atoms with van der Waals surface area (Å²) in [5, 5.41) is 3.85. The normalized spacial score (nSPS) is 16.3. The van der Waals surface area contributed by atoms with Crippen LogP contribution >= 0.6 is 0 Å². The van der Waals surface area contributed by atoms with Gasteiger partial charge in [0.25, 0.3) is 0 Å². The predicted molar refractivity (Wildman–Crippen MR) is 118 cm³/mol. The van der Waals surface area contributed by atoms with Gasteiger partial charge in [-0.05, 0) is 35.2 Å². The highest BCUT2D eigenvalue weighted by molar-refractivity contribution is 5.59. The molecule has 2 aliphatic rings. The maximum atomic E-state index is 6.31. The summed E-state index contributed by atoms with van der Waals surface area (Å²) in [6, 6.07) is 14.6. The Morgan fingerprint density at radius 1 is 0.862 bits per heavy atom. The van der Waals surface area contributed by atoms with Crippen LogP contribution in [-0.4, -0.2) is 30.7 Å². The standard InChI is InChI=1S/C23H29N5O/c1-23(2,3)18-13-20(27-11-9-25(4)17-27)16-22(14-18)29-21-8-6-7-19(15-21)28-12-10-26(5)24-28/h6-16,24H,17H2,1-5H3. The zero-order valence-electron chi connectivity index (χ0n) is 17.8. The number of anilines is 2. The van der Waals surface area contributed by atoms with Crippen molar-refractivity contribution in [2.75, 3.05) is 30.7 Å². The molecule has 6 heteroatoms. The molecule has 0 unspecified atom stereocenters. The number of benzene rings is 2. The quantitative estimate of drug-likeness (QED) is 0.821. The average Bonchev–Trinajstić information content (AvgIpc) is 3.29. The summed E-state index contributed by atoms with van der Waals surface area (Å²) in [5.41, 5.74) is 6.64. The topological polar surface area (TPSA) is 34.2 Å². The van der Waals surface area contributed by atoms with Crippen LogP contribution in [0.4, 0.5) is 11.4 Å². The van der Waals surface area contributed by atoms with Gasteiger partial charge in [-0.25, -0.2) is 0 Å². The highest BCUT2D eigenvalue weighted by atomic mass is 16.5. The molecule has 6 nitrogen and oxygen atoms in total. The monoisotopic (exact) mass is 391 g/mol. The van der Waals surface area contributed by atoms with Crippen LogP contribution in [0.2, 0.25) is 0 Å². The zero-order chi connectivity index (χ0) is 20.6. The van der Waals surface area contributed by atoms with Gasteiger partial charge < -0.3 is 14.5 Å². The lowest BCUT2D eigenvalue weighted by atomic mass is 9.86. The van der Waals surface area contributed by atoms with E-state index in [4.69, 9.17) is 4.74 Å². The molecule has 2 heterocycles. The second-order valence-corrected chi connectivity index (χ2v) is 8.61. The lowest BCUT2D eigenvalue weighted by molar-refractivity contribution is 0.358. The summed E-state index contributed by atoms with van der Waals surface area (Å²) >= 11 is 0.